The van der Waals surface area contributed by atoms with Crippen LogP contribution in [0.3, 0.4) is 0 Å². The third kappa shape index (κ3) is 29.2. The first-order valence-electron chi connectivity index (χ1n) is 44.6. The number of hydrogen-bond acceptors (Lipinski definition) is 36. The van der Waals surface area contributed by atoms with Gasteiger partial charge in [-0.15, -0.1) is 11.3 Å². The monoisotopic (exact) mass is 2130 g/mol. The molecule has 0 unspecified atom stereocenters. The Morgan fingerprint density at radius 1 is 0.297 bits per heavy atom. The Morgan fingerprint density at radius 3 is 0.784 bits per heavy atom. The van der Waals surface area contributed by atoms with Crippen LogP contribution in [0.4, 0.5) is 94.7 Å². The Balaban J connectivity index is 0.000000155. The smallest absolute Gasteiger partial charge is 0.271 e. The summed E-state index contributed by atoms with van der Waals surface area (Å²) in [6.07, 6.45) is 7.79. The highest BCUT2D eigenvalue weighted by Crippen LogP contribution is 2.42. The van der Waals surface area contributed by atoms with Crippen LogP contribution in [0, 0.1) is 5.92 Å². The number of methoxy groups -OCH3 is 10. The van der Waals surface area contributed by atoms with E-state index < -0.39 is 61.8 Å². The minimum absolute atomic E-state index is 0.0510. The number of rotatable bonds is 38. The van der Waals surface area contributed by atoms with E-state index in [1.165, 1.54) is 58.0 Å². The zero-order valence-corrected chi connectivity index (χ0v) is 87.0. The van der Waals surface area contributed by atoms with E-state index in [1.807, 2.05) is 32.9 Å². The van der Waals surface area contributed by atoms with Crippen LogP contribution in [-0.4, -0.2) is 186 Å². The maximum Gasteiger partial charge on any atom is 0.271 e. The summed E-state index contributed by atoms with van der Waals surface area (Å²) in [5.74, 6) is 4.14. The standard InChI is InChI=1S/C22H20N4O4S.C20H18N4O4S2.C20H24N4O4S.C19H20F2N4O4S.C19H22N4O4S/c1-29-20-12-18-19(13-21(20)30-2)23-14-24-22(18)25-15-8-10-16(11-9-15)26-31(27,28)17-6-4-3-5-7-17;1-27-17-10-15-16(11-18(17)28-2)21-12-22-20(15)23-13-5-7-14(8-6-13)24-30(25,26)19-4-3-9-29-19;1-13(2)11-29(25,26)24-15-7-5-14(6-8-15)23-20-16-9-18(27-3)19(28-4)10-17(16)21-12-22-20;1-19(20,21)10-30(26,27)25-13-6-4-12(5-7-13)24-18-14-8-16(28-2)17(29-3)9-15(14)22-11-23-18;1-4-9-28(24,25)23-14-7-5-13(6-8-14)22-19-15-10-17(26-2)18(27-3)11-16(15)20-12-21-19/h3-14,26H,1-2H3,(H,23,24,25);3-12,24H,1-2H3,(H,21,22,23);5-10,12-13,24H,11H2,1-4H3,(H,21,22,23);4-9,11,25H,10H2,1-3H3,(H,22,23,24);5-8,10-12,23H,4,9H2,1-3H3,(H,20,21,22). The number of nitrogens with zero attached hydrogens (tertiary/aromatic N) is 10. The summed E-state index contributed by atoms with van der Waals surface area (Å²) in [7, 11) is -2.49. The Labute approximate surface area is 856 Å². The first-order valence-corrected chi connectivity index (χ1v) is 53.4. The van der Waals surface area contributed by atoms with Gasteiger partial charge in [-0.3, -0.25) is 23.6 Å². The summed E-state index contributed by atoms with van der Waals surface area (Å²) in [5, 5.41) is 21.5. The van der Waals surface area contributed by atoms with Crippen molar-refractivity contribution in [1.82, 2.24) is 49.8 Å². The molecule has 17 rings (SSSR count). The van der Waals surface area contributed by atoms with Crippen LogP contribution in [0.2, 0.25) is 0 Å². The van der Waals surface area contributed by atoms with Crippen LogP contribution >= 0.6 is 11.3 Å². The average Bonchev–Trinajstić information content (AvgIpc) is 1.02. The third-order valence-electron chi connectivity index (χ3n) is 21.0. The Kier molecular flexibility index (Phi) is 35.9. The van der Waals surface area contributed by atoms with Crippen LogP contribution in [0.1, 0.15) is 34.1 Å². The molecule has 6 aromatic heterocycles. The molecule has 11 aromatic carbocycles. The molecule has 40 nitrogen and oxygen atoms in total. The zero-order valence-electron chi connectivity index (χ0n) is 82.1. The molecule has 10 N–H and O–H groups in total. The van der Waals surface area contributed by atoms with E-state index in [2.05, 4.69) is 100 Å². The summed E-state index contributed by atoms with van der Waals surface area (Å²) in [6.45, 7) is 6.10. The molecule has 0 spiro atoms. The second-order valence-corrected chi connectivity index (χ2v) is 42.2. The molecule has 0 saturated carbocycles. The molecule has 0 aliphatic rings. The molecule has 0 fully saturated rings. The van der Waals surface area contributed by atoms with Gasteiger partial charge in [0, 0.05) is 121 Å². The normalized spacial score (nSPS) is 11.4. The van der Waals surface area contributed by atoms with Gasteiger partial charge < -0.3 is 74.0 Å². The molecule has 48 heteroatoms. The van der Waals surface area contributed by atoms with Crippen molar-refractivity contribution in [2.75, 3.05) is 139 Å². The Bertz CT molecular complexity index is 8110. The van der Waals surface area contributed by atoms with E-state index in [9.17, 15) is 50.9 Å². The lowest BCUT2D eigenvalue weighted by molar-refractivity contribution is 0.0474. The molecule has 774 valence electrons. The van der Waals surface area contributed by atoms with Gasteiger partial charge in [-0.25, -0.2) is 101 Å². The Hall–Kier alpha value is -16.6. The summed E-state index contributed by atoms with van der Waals surface area (Å²) < 4.78 is 213. The molecule has 148 heavy (non-hydrogen) atoms. The maximum atomic E-state index is 13.0. The highest BCUT2D eigenvalue weighted by atomic mass is 32.2. The first kappa shape index (κ1) is 109. The van der Waals surface area contributed by atoms with Crippen LogP contribution in [0.15, 0.2) is 271 Å². The minimum atomic E-state index is -4.17. The van der Waals surface area contributed by atoms with E-state index in [0.29, 0.717) is 161 Å². The molecule has 0 amide bonds. The fraction of sp³-hybridized carbons (Fsp3) is 0.200. The first-order chi connectivity index (χ1) is 70.9. The number of halogens is 2. The Morgan fingerprint density at radius 2 is 0.541 bits per heavy atom. The number of hydrogen-bond donors (Lipinski definition) is 10. The van der Waals surface area contributed by atoms with Crippen LogP contribution in [0.25, 0.3) is 54.5 Å². The SMILES string of the molecule is CCCS(=O)(=O)Nc1ccc(Nc2ncnc3cc(OC)c(OC)cc23)cc1.COc1cc2ncnc(Nc3ccc(NS(=O)(=O)CC(C)(F)F)cc3)c2cc1OC.COc1cc2ncnc(Nc3ccc(NS(=O)(=O)CC(C)C)cc3)c2cc1OC.COc1cc2ncnc(Nc3ccc(NS(=O)(=O)c4ccccc4)cc3)c2cc1OC.COc1cc2ncnc(Nc3ccc(NS(=O)(=O)c4cccs4)cc3)c2cc1OC. The number of thiophene rings is 1. The second kappa shape index (κ2) is 48.9. The molecule has 0 radical (unpaired) electrons. The number of aromatic nitrogens is 10. The van der Waals surface area contributed by atoms with E-state index in [0.717, 1.165) is 55.6 Å². The summed E-state index contributed by atoms with van der Waals surface area (Å²) in [5.41, 5.74) is 9.15. The van der Waals surface area contributed by atoms with Gasteiger partial charge in [0.05, 0.1) is 115 Å². The van der Waals surface area contributed by atoms with Crippen LogP contribution in [0.5, 0.6) is 57.5 Å². The third-order valence-corrected chi connectivity index (χ3v) is 29.8. The van der Waals surface area contributed by atoms with Gasteiger partial charge >= 0.3 is 0 Å². The molecule has 0 saturated heterocycles. The number of sulfonamides is 5. The lowest BCUT2D eigenvalue weighted by Gasteiger charge is -2.14. The number of nitrogens with one attached hydrogen (secondary N) is 10. The molecular formula is C100H104F2N20O20S6. The number of benzene rings is 11. The van der Waals surface area contributed by atoms with Crippen molar-refractivity contribution in [3.8, 4) is 57.5 Å². The highest BCUT2D eigenvalue weighted by molar-refractivity contribution is 7.95. The van der Waals surface area contributed by atoms with Crippen LogP contribution in [-0.2, 0) is 50.1 Å². The fourth-order valence-electron chi connectivity index (χ4n) is 14.3. The number of anilines is 15. The highest BCUT2D eigenvalue weighted by Gasteiger charge is 2.31. The molecule has 17 aromatic rings. The number of ether oxygens (including phenoxy) is 10. The van der Waals surface area contributed by atoms with Gasteiger partial charge in [-0.05, 0) is 188 Å². The van der Waals surface area contributed by atoms with Crippen molar-refractivity contribution in [3.63, 3.8) is 0 Å². The van der Waals surface area contributed by atoms with Gasteiger partial charge in [0.2, 0.25) is 30.1 Å². The number of alkyl halides is 2. The minimum Gasteiger partial charge on any atom is -0.493 e. The summed E-state index contributed by atoms with van der Waals surface area (Å²) in [4.78, 5) is 43.1. The van der Waals surface area contributed by atoms with Crippen molar-refractivity contribution in [2.45, 2.75) is 49.1 Å². The van der Waals surface area contributed by atoms with E-state index >= 15 is 0 Å². The molecular weight excluding hydrogens is 2030 g/mol. The summed E-state index contributed by atoms with van der Waals surface area (Å²) >= 11 is 1.16. The largest absolute Gasteiger partial charge is 0.493 e. The average molecular weight is 2140 g/mol. The lowest BCUT2D eigenvalue weighted by Crippen LogP contribution is -2.28. The molecule has 0 atom stereocenters. The van der Waals surface area contributed by atoms with E-state index in [-0.39, 0.29) is 32.2 Å². The van der Waals surface area contributed by atoms with Crippen LogP contribution < -0.4 is 97.6 Å². The fourth-order valence-corrected chi connectivity index (χ4v) is 21.3. The predicted octanol–water partition coefficient (Wildman–Crippen LogP) is 19.6. The molecule has 0 aliphatic carbocycles. The van der Waals surface area contributed by atoms with Crippen molar-refractivity contribution >= 4 is 202 Å². The predicted molar refractivity (Wildman–Crippen MR) is 572 cm³/mol. The van der Waals surface area contributed by atoms with E-state index in [1.54, 1.807) is 262 Å². The quantitative estimate of drug-likeness (QED) is 0.0172. The molecule has 6 heterocycles. The van der Waals surface area contributed by atoms with Gasteiger partial charge in [0.15, 0.2) is 57.5 Å². The van der Waals surface area contributed by atoms with Crippen molar-refractivity contribution in [3.05, 3.63) is 261 Å². The topological polar surface area (TPSA) is 512 Å². The lowest BCUT2D eigenvalue weighted by atomic mass is 10.2. The van der Waals surface area contributed by atoms with Gasteiger partial charge in [-0.1, -0.05) is 45.0 Å². The van der Waals surface area contributed by atoms with Gasteiger partial charge in [-0.2, -0.15) is 0 Å². The van der Waals surface area contributed by atoms with E-state index in [4.69, 9.17) is 47.4 Å². The maximum absolute atomic E-state index is 13.0. The molecule has 0 aliphatic heterocycles. The summed E-state index contributed by atoms with van der Waals surface area (Å²) in [6, 6.07) is 63.1. The molecule has 0 bridgehead atoms. The van der Waals surface area contributed by atoms with Gasteiger partial charge in [0.1, 0.15) is 70.7 Å². The van der Waals surface area contributed by atoms with Crippen molar-refractivity contribution < 1.29 is 98.2 Å². The van der Waals surface area contributed by atoms with Crippen molar-refractivity contribution in [1.29, 1.82) is 0 Å². The van der Waals surface area contributed by atoms with Gasteiger partial charge in [0.25, 0.3) is 26.0 Å². The second-order valence-electron chi connectivity index (χ2n) is 32.3. The van der Waals surface area contributed by atoms with Crippen molar-refractivity contribution in [2.24, 2.45) is 5.92 Å². The number of fused-ring (bicyclic) bond motifs is 5. The zero-order chi connectivity index (χ0) is 106.